The minimum absolute atomic E-state index is 0.0563. The second-order valence-electron chi connectivity index (χ2n) is 7.22. The number of nitrogens with one attached hydrogen (secondary N) is 1. The number of nitrogens with zero attached hydrogens (tertiary/aromatic N) is 3. The molecule has 0 aliphatic carbocycles. The fourth-order valence-electron chi connectivity index (χ4n) is 3.10. The summed E-state index contributed by atoms with van der Waals surface area (Å²) in [7, 11) is 0. The average molecular weight is 499 g/mol. The lowest BCUT2D eigenvalue weighted by atomic mass is 10.2. The number of benzene rings is 2. The summed E-state index contributed by atoms with van der Waals surface area (Å²) in [5.74, 6) is 0.548. The number of anilines is 1. The standard InChI is InChI=1S/C23H20BrFN4O3/c1-14-11-21(27-29(14)12-16-3-5-17(24)6-4-16)26-23(30)22-20(15(2)32-28-22)13-31-19-9-7-18(25)8-10-19/h3-11H,12-13H2,1-2H3,(H,26,27,30). The highest BCUT2D eigenvalue weighted by Gasteiger charge is 2.21. The molecule has 0 spiro atoms. The van der Waals surface area contributed by atoms with Gasteiger partial charge in [-0.25, -0.2) is 4.39 Å². The molecule has 32 heavy (non-hydrogen) atoms. The van der Waals surface area contributed by atoms with Crippen molar-refractivity contribution in [3.05, 3.63) is 93.2 Å². The fourth-order valence-corrected chi connectivity index (χ4v) is 3.36. The predicted octanol–water partition coefficient (Wildman–Crippen LogP) is 5.27. The van der Waals surface area contributed by atoms with Gasteiger partial charge in [-0.15, -0.1) is 0 Å². The van der Waals surface area contributed by atoms with E-state index in [1.807, 2.05) is 35.9 Å². The highest BCUT2D eigenvalue weighted by molar-refractivity contribution is 9.10. The maximum absolute atomic E-state index is 13.1. The van der Waals surface area contributed by atoms with Gasteiger partial charge in [0.1, 0.15) is 23.9 Å². The molecule has 4 aromatic rings. The van der Waals surface area contributed by atoms with E-state index in [1.165, 1.54) is 24.3 Å². The third kappa shape index (κ3) is 5.05. The van der Waals surface area contributed by atoms with Gasteiger partial charge in [-0.3, -0.25) is 9.48 Å². The zero-order valence-electron chi connectivity index (χ0n) is 17.4. The van der Waals surface area contributed by atoms with Crippen molar-refractivity contribution < 1.29 is 18.4 Å². The summed E-state index contributed by atoms with van der Waals surface area (Å²) < 4.78 is 26.7. The molecule has 2 aromatic heterocycles. The number of ether oxygens (including phenoxy) is 1. The number of hydrogen-bond donors (Lipinski definition) is 1. The molecule has 2 heterocycles. The molecule has 0 bridgehead atoms. The summed E-state index contributed by atoms with van der Waals surface area (Å²) in [5, 5.41) is 11.1. The van der Waals surface area contributed by atoms with E-state index in [9.17, 15) is 9.18 Å². The lowest BCUT2D eigenvalue weighted by molar-refractivity contribution is 0.101. The van der Waals surface area contributed by atoms with Crippen LogP contribution >= 0.6 is 15.9 Å². The molecule has 0 aliphatic rings. The van der Waals surface area contributed by atoms with Gasteiger partial charge in [0, 0.05) is 16.2 Å². The highest BCUT2D eigenvalue weighted by Crippen LogP contribution is 2.20. The van der Waals surface area contributed by atoms with Gasteiger partial charge in [-0.1, -0.05) is 33.2 Å². The summed E-state index contributed by atoms with van der Waals surface area (Å²) in [6.45, 7) is 4.25. The Kier molecular flexibility index (Phi) is 6.36. The first-order valence-electron chi connectivity index (χ1n) is 9.83. The van der Waals surface area contributed by atoms with Crippen LogP contribution in [0.1, 0.15) is 33.1 Å². The van der Waals surface area contributed by atoms with Crippen LogP contribution in [0, 0.1) is 19.7 Å². The molecule has 1 amide bonds. The van der Waals surface area contributed by atoms with Gasteiger partial charge in [0.15, 0.2) is 11.5 Å². The fraction of sp³-hybridized carbons (Fsp3) is 0.174. The number of aromatic nitrogens is 3. The van der Waals surface area contributed by atoms with Gasteiger partial charge in [0.2, 0.25) is 0 Å². The van der Waals surface area contributed by atoms with Crippen LogP contribution in [0.15, 0.2) is 63.6 Å². The van der Waals surface area contributed by atoms with E-state index in [2.05, 4.69) is 31.5 Å². The van der Waals surface area contributed by atoms with E-state index >= 15 is 0 Å². The lowest BCUT2D eigenvalue weighted by Gasteiger charge is -2.07. The largest absolute Gasteiger partial charge is 0.489 e. The molecule has 2 aromatic carbocycles. The molecule has 4 rings (SSSR count). The van der Waals surface area contributed by atoms with Crippen molar-refractivity contribution in [3.63, 3.8) is 0 Å². The Morgan fingerprint density at radius 1 is 1.16 bits per heavy atom. The molecule has 0 unspecified atom stereocenters. The molecular formula is C23H20BrFN4O3. The second kappa shape index (κ2) is 9.35. The lowest BCUT2D eigenvalue weighted by Crippen LogP contribution is -2.16. The second-order valence-corrected chi connectivity index (χ2v) is 8.13. The molecule has 0 saturated heterocycles. The Balaban J connectivity index is 1.45. The van der Waals surface area contributed by atoms with Crippen LogP contribution in [0.3, 0.4) is 0 Å². The van der Waals surface area contributed by atoms with Crippen LogP contribution in [0.4, 0.5) is 10.2 Å². The summed E-state index contributed by atoms with van der Waals surface area (Å²) in [4.78, 5) is 12.8. The molecule has 7 nitrogen and oxygen atoms in total. The summed E-state index contributed by atoms with van der Waals surface area (Å²) in [6, 6.07) is 15.4. The summed E-state index contributed by atoms with van der Waals surface area (Å²) >= 11 is 3.43. The summed E-state index contributed by atoms with van der Waals surface area (Å²) in [6.07, 6.45) is 0. The van der Waals surface area contributed by atoms with Crippen molar-refractivity contribution in [2.75, 3.05) is 5.32 Å². The van der Waals surface area contributed by atoms with E-state index in [0.717, 1.165) is 15.7 Å². The zero-order valence-corrected chi connectivity index (χ0v) is 19.0. The van der Waals surface area contributed by atoms with Gasteiger partial charge >= 0.3 is 0 Å². The Bertz CT molecular complexity index is 1230. The maximum atomic E-state index is 13.1. The van der Waals surface area contributed by atoms with E-state index < -0.39 is 5.91 Å². The van der Waals surface area contributed by atoms with Crippen LogP contribution in [0.2, 0.25) is 0 Å². The van der Waals surface area contributed by atoms with Crippen molar-refractivity contribution in [1.29, 1.82) is 0 Å². The van der Waals surface area contributed by atoms with E-state index in [4.69, 9.17) is 9.26 Å². The van der Waals surface area contributed by atoms with Gasteiger partial charge in [0.05, 0.1) is 12.1 Å². The SMILES string of the molecule is Cc1onc(C(=O)Nc2cc(C)n(Cc3ccc(Br)cc3)n2)c1COc1ccc(F)cc1. The third-order valence-corrected chi connectivity index (χ3v) is 5.39. The minimum atomic E-state index is -0.451. The Morgan fingerprint density at radius 3 is 2.59 bits per heavy atom. The van der Waals surface area contributed by atoms with Gasteiger partial charge in [-0.05, 0) is 55.8 Å². The van der Waals surface area contributed by atoms with Crippen LogP contribution in [-0.2, 0) is 13.2 Å². The third-order valence-electron chi connectivity index (χ3n) is 4.86. The number of amides is 1. The first kappa shape index (κ1) is 21.8. The number of carbonyl (C=O) groups excluding carboxylic acids is 1. The average Bonchev–Trinajstić information content (AvgIpc) is 3.31. The number of rotatable bonds is 7. The molecule has 0 saturated carbocycles. The van der Waals surface area contributed by atoms with Crippen LogP contribution in [0.25, 0.3) is 0 Å². The predicted molar refractivity (Wildman–Crippen MR) is 120 cm³/mol. The van der Waals surface area contributed by atoms with Crippen LogP contribution in [-0.4, -0.2) is 20.8 Å². The van der Waals surface area contributed by atoms with E-state index in [1.54, 1.807) is 13.0 Å². The molecule has 164 valence electrons. The van der Waals surface area contributed by atoms with Crippen LogP contribution in [0.5, 0.6) is 5.75 Å². The van der Waals surface area contributed by atoms with Crippen molar-refractivity contribution >= 4 is 27.7 Å². The number of carbonyl (C=O) groups is 1. The zero-order chi connectivity index (χ0) is 22.7. The topological polar surface area (TPSA) is 82.2 Å². The summed E-state index contributed by atoms with van der Waals surface area (Å²) in [5.41, 5.74) is 2.62. The molecule has 9 heteroatoms. The van der Waals surface area contributed by atoms with Crippen LogP contribution < -0.4 is 10.1 Å². The Hall–Kier alpha value is -3.46. The van der Waals surface area contributed by atoms with E-state index in [0.29, 0.717) is 29.4 Å². The number of hydrogen-bond acceptors (Lipinski definition) is 5. The Morgan fingerprint density at radius 2 is 1.88 bits per heavy atom. The smallest absolute Gasteiger partial charge is 0.279 e. The number of halogens is 2. The number of aryl methyl sites for hydroxylation is 2. The molecule has 1 N–H and O–H groups in total. The first-order chi connectivity index (χ1) is 15.4. The molecule has 0 radical (unpaired) electrons. The van der Waals surface area contributed by atoms with Gasteiger partial charge in [-0.2, -0.15) is 5.10 Å². The molecular weight excluding hydrogens is 479 g/mol. The monoisotopic (exact) mass is 498 g/mol. The first-order valence-corrected chi connectivity index (χ1v) is 10.6. The molecule has 0 atom stereocenters. The Labute approximate surface area is 192 Å². The van der Waals surface area contributed by atoms with Crippen molar-refractivity contribution in [2.45, 2.75) is 27.0 Å². The highest BCUT2D eigenvalue weighted by atomic mass is 79.9. The maximum Gasteiger partial charge on any atom is 0.279 e. The molecule has 0 fully saturated rings. The van der Waals surface area contributed by atoms with Gasteiger partial charge < -0.3 is 14.6 Å². The van der Waals surface area contributed by atoms with Crippen molar-refractivity contribution in [2.24, 2.45) is 0 Å². The van der Waals surface area contributed by atoms with E-state index in [-0.39, 0.29) is 18.1 Å². The molecule has 0 aliphatic heterocycles. The van der Waals surface area contributed by atoms with Gasteiger partial charge in [0.25, 0.3) is 5.91 Å². The quantitative estimate of drug-likeness (QED) is 0.375. The van der Waals surface area contributed by atoms with Crippen molar-refractivity contribution in [1.82, 2.24) is 14.9 Å². The normalized spacial score (nSPS) is 10.9. The van der Waals surface area contributed by atoms with Crippen molar-refractivity contribution in [3.8, 4) is 5.75 Å². The minimum Gasteiger partial charge on any atom is -0.489 e.